The first kappa shape index (κ1) is 10.0. The van der Waals surface area contributed by atoms with Gasteiger partial charge in [-0.15, -0.1) is 0 Å². The molecule has 13 heavy (non-hydrogen) atoms. The molecular formula is C9H10ClNO2. The van der Waals surface area contributed by atoms with Crippen molar-refractivity contribution in [2.75, 3.05) is 13.8 Å². The predicted octanol–water partition coefficient (Wildman–Crippen LogP) is 1.67. The summed E-state index contributed by atoms with van der Waals surface area (Å²) in [6.07, 6.45) is 0. The number of carbonyl (C=O) groups excluding carboxylic acids is 1. The molecule has 0 atom stereocenters. The molecule has 4 heteroatoms. The van der Waals surface area contributed by atoms with Crippen LogP contribution in [0.4, 0.5) is 0 Å². The van der Waals surface area contributed by atoms with E-state index >= 15 is 0 Å². The van der Waals surface area contributed by atoms with Crippen molar-refractivity contribution < 1.29 is 9.53 Å². The molecule has 0 aliphatic carbocycles. The fraction of sp³-hybridized carbons (Fsp3) is 0.222. The number of benzene rings is 1. The fourth-order valence-electron chi connectivity index (χ4n) is 0.869. The van der Waals surface area contributed by atoms with Gasteiger partial charge in [0, 0.05) is 17.7 Å². The summed E-state index contributed by atoms with van der Waals surface area (Å²) >= 11 is 5.71. The van der Waals surface area contributed by atoms with E-state index in [1.165, 1.54) is 7.11 Å². The first-order valence-electron chi connectivity index (χ1n) is 3.76. The summed E-state index contributed by atoms with van der Waals surface area (Å²) in [7, 11) is 1.51. The Morgan fingerprint density at radius 2 is 2.38 bits per heavy atom. The molecule has 0 heterocycles. The zero-order chi connectivity index (χ0) is 9.68. The van der Waals surface area contributed by atoms with Crippen molar-refractivity contribution >= 4 is 17.5 Å². The smallest absolute Gasteiger partial charge is 0.253 e. The summed E-state index contributed by atoms with van der Waals surface area (Å²) in [5.74, 6) is -0.190. The highest BCUT2D eigenvalue weighted by atomic mass is 35.5. The maximum atomic E-state index is 11.3. The number of methoxy groups -OCH3 is 1. The zero-order valence-electron chi connectivity index (χ0n) is 7.21. The molecule has 0 bridgehead atoms. The Morgan fingerprint density at radius 1 is 1.62 bits per heavy atom. The fourth-order valence-corrected chi connectivity index (χ4v) is 1.06. The van der Waals surface area contributed by atoms with Gasteiger partial charge in [-0.3, -0.25) is 4.79 Å². The van der Waals surface area contributed by atoms with E-state index in [9.17, 15) is 4.79 Å². The Hall–Kier alpha value is -1.06. The molecule has 0 saturated heterocycles. The molecule has 3 nitrogen and oxygen atoms in total. The number of carbonyl (C=O) groups is 1. The normalized spacial score (nSPS) is 9.69. The van der Waals surface area contributed by atoms with Gasteiger partial charge in [0.15, 0.2) is 0 Å². The van der Waals surface area contributed by atoms with E-state index in [1.807, 2.05) is 0 Å². The third kappa shape index (κ3) is 3.05. The van der Waals surface area contributed by atoms with Crippen molar-refractivity contribution in [1.29, 1.82) is 0 Å². The van der Waals surface area contributed by atoms with Crippen LogP contribution in [0.1, 0.15) is 10.4 Å². The second-order valence-corrected chi connectivity index (χ2v) is 2.89. The SMILES string of the molecule is COCNC(=O)c1cccc(Cl)c1. The molecule has 1 N–H and O–H groups in total. The van der Waals surface area contributed by atoms with Crippen LogP contribution >= 0.6 is 11.6 Å². The van der Waals surface area contributed by atoms with Crippen LogP contribution in [0.2, 0.25) is 5.02 Å². The van der Waals surface area contributed by atoms with E-state index in [4.69, 9.17) is 16.3 Å². The Balaban J connectivity index is 2.66. The van der Waals surface area contributed by atoms with E-state index in [2.05, 4.69) is 5.32 Å². The van der Waals surface area contributed by atoms with Crippen molar-refractivity contribution in [3.8, 4) is 0 Å². The number of rotatable bonds is 3. The van der Waals surface area contributed by atoms with E-state index in [0.29, 0.717) is 10.6 Å². The van der Waals surface area contributed by atoms with Crippen LogP contribution in [0.5, 0.6) is 0 Å². The Labute approximate surface area is 81.7 Å². The Morgan fingerprint density at radius 3 is 3.00 bits per heavy atom. The summed E-state index contributed by atoms with van der Waals surface area (Å²) in [6.45, 7) is 0.200. The Bertz CT molecular complexity index is 301. The van der Waals surface area contributed by atoms with Gasteiger partial charge in [-0.05, 0) is 18.2 Å². The molecule has 1 amide bonds. The highest BCUT2D eigenvalue weighted by Crippen LogP contribution is 2.10. The average Bonchev–Trinajstić information content (AvgIpc) is 2.14. The molecule has 1 aromatic carbocycles. The lowest BCUT2D eigenvalue weighted by molar-refractivity contribution is 0.0872. The van der Waals surface area contributed by atoms with Crippen LogP contribution in [0.15, 0.2) is 24.3 Å². The number of amides is 1. The van der Waals surface area contributed by atoms with Crippen molar-refractivity contribution in [2.24, 2.45) is 0 Å². The minimum absolute atomic E-state index is 0.190. The number of ether oxygens (including phenoxy) is 1. The van der Waals surface area contributed by atoms with Crippen LogP contribution in [-0.4, -0.2) is 19.7 Å². The van der Waals surface area contributed by atoms with Crippen LogP contribution in [0, 0.1) is 0 Å². The van der Waals surface area contributed by atoms with Gasteiger partial charge in [-0.2, -0.15) is 0 Å². The molecule has 0 saturated carbocycles. The quantitative estimate of drug-likeness (QED) is 0.753. The van der Waals surface area contributed by atoms with Gasteiger partial charge in [0.05, 0.1) is 0 Å². The van der Waals surface area contributed by atoms with Gasteiger partial charge in [0.25, 0.3) is 5.91 Å². The zero-order valence-corrected chi connectivity index (χ0v) is 7.97. The minimum atomic E-state index is -0.190. The number of hydrogen-bond acceptors (Lipinski definition) is 2. The Kier molecular flexibility index (Phi) is 3.73. The monoisotopic (exact) mass is 199 g/mol. The molecule has 0 spiro atoms. The maximum absolute atomic E-state index is 11.3. The van der Waals surface area contributed by atoms with Crippen LogP contribution in [-0.2, 0) is 4.74 Å². The third-order valence-electron chi connectivity index (χ3n) is 1.46. The van der Waals surface area contributed by atoms with E-state index in [0.717, 1.165) is 0 Å². The number of nitrogens with one attached hydrogen (secondary N) is 1. The molecule has 0 aliphatic heterocycles. The second kappa shape index (κ2) is 4.84. The molecule has 70 valence electrons. The van der Waals surface area contributed by atoms with E-state index in [-0.39, 0.29) is 12.6 Å². The number of halogens is 1. The standard InChI is InChI=1S/C9H10ClNO2/c1-13-6-11-9(12)7-3-2-4-8(10)5-7/h2-5H,6H2,1H3,(H,11,12). The van der Waals surface area contributed by atoms with Gasteiger partial charge < -0.3 is 10.1 Å². The van der Waals surface area contributed by atoms with Gasteiger partial charge in [-0.25, -0.2) is 0 Å². The van der Waals surface area contributed by atoms with Gasteiger partial charge >= 0.3 is 0 Å². The lowest BCUT2D eigenvalue weighted by atomic mass is 10.2. The average molecular weight is 200 g/mol. The molecule has 1 aromatic rings. The molecule has 0 radical (unpaired) electrons. The van der Waals surface area contributed by atoms with Gasteiger partial charge in [0.1, 0.15) is 6.73 Å². The maximum Gasteiger partial charge on any atom is 0.253 e. The van der Waals surface area contributed by atoms with Crippen LogP contribution < -0.4 is 5.32 Å². The highest BCUT2D eigenvalue weighted by Gasteiger charge is 2.03. The van der Waals surface area contributed by atoms with Crippen LogP contribution in [0.25, 0.3) is 0 Å². The second-order valence-electron chi connectivity index (χ2n) is 2.45. The topological polar surface area (TPSA) is 38.3 Å². The van der Waals surface area contributed by atoms with Crippen molar-refractivity contribution in [2.45, 2.75) is 0 Å². The lowest BCUT2D eigenvalue weighted by Gasteiger charge is -2.03. The van der Waals surface area contributed by atoms with Crippen molar-refractivity contribution in [1.82, 2.24) is 5.32 Å². The van der Waals surface area contributed by atoms with Crippen molar-refractivity contribution in [3.63, 3.8) is 0 Å². The van der Waals surface area contributed by atoms with Crippen molar-refractivity contribution in [3.05, 3.63) is 34.9 Å². The summed E-state index contributed by atoms with van der Waals surface area (Å²) in [6, 6.07) is 6.74. The summed E-state index contributed by atoms with van der Waals surface area (Å²) in [4.78, 5) is 11.3. The van der Waals surface area contributed by atoms with E-state index < -0.39 is 0 Å². The largest absolute Gasteiger partial charge is 0.364 e. The molecule has 1 rings (SSSR count). The van der Waals surface area contributed by atoms with Gasteiger partial charge in [-0.1, -0.05) is 17.7 Å². The first-order valence-corrected chi connectivity index (χ1v) is 4.14. The van der Waals surface area contributed by atoms with Crippen LogP contribution in [0.3, 0.4) is 0 Å². The molecule has 0 unspecified atom stereocenters. The predicted molar refractivity (Wildman–Crippen MR) is 50.8 cm³/mol. The lowest BCUT2D eigenvalue weighted by Crippen LogP contribution is -2.25. The number of hydrogen-bond donors (Lipinski definition) is 1. The van der Waals surface area contributed by atoms with E-state index in [1.54, 1.807) is 24.3 Å². The minimum Gasteiger partial charge on any atom is -0.364 e. The molecule has 0 fully saturated rings. The summed E-state index contributed by atoms with van der Waals surface area (Å²) < 4.78 is 4.70. The first-order chi connectivity index (χ1) is 6.24. The molecular weight excluding hydrogens is 190 g/mol. The third-order valence-corrected chi connectivity index (χ3v) is 1.70. The highest BCUT2D eigenvalue weighted by molar-refractivity contribution is 6.30. The summed E-state index contributed by atoms with van der Waals surface area (Å²) in [5, 5.41) is 3.10. The molecule has 0 aliphatic rings. The summed E-state index contributed by atoms with van der Waals surface area (Å²) in [5.41, 5.74) is 0.532. The van der Waals surface area contributed by atoms with Gasteiger partial charge in [0.2, 0.25) is 0 Å². The molecule has 0 aromatic heterocycles.